The van der Waals surface area contributed by atoms with Gasteiger partial charge in [0.15, 0.2) is 5.78 Å². The zero-order valence-electron chi connectivity index (χ0n) is 12.7. The molecule has 0 aliphatic rings. The average Bonchev–Trinajstić information content (AvgIpc) is 2.48. The molecule has 0 bridgehead atoms. The molecule has 0 saturated carbocycles. The lowest BCUT2D eigenvalue weighted by atomic mass is 10.0. The van der Waals surface area contributed by atoms with Gasteiger partial charge in [-0.1, -0.05) is 0 Å². The van der Waals surface area contributed by atoms with Crippen molar-refractivity contribution in [2.45, 2.75) is 13.8 Å². The summed E-state index contributed by atoms with van der Waals surface area (Å²) in [5, 5.41) is 20.0. The molecule has 0 heterocycles. The van der Waals surface area contributed by atoms with Gasteiger partial charge in [0, 0.05) is 36.6 Å². The fourth-order valence-corrected chi connectivity index (χ4v) is 2.38. The first kappa shape index (κ1) is 15.7. The number of phenols is 2. The minimum absolute atomic E-state index is 0.106. The number of rotatable bonds is 5. The van der Waals surface area contributed by atoms with Crippen molar-refractivity contribution in [2.24, 2.45) is 0 Å². The maximum Gasteiger partial charge on any atom is 0.200 e. The highest BCUT2D eigenvalue weighted by molar-refractivity contribution is 6.12. The van der Waals surface area contributed by atoms with Crippen LogP contribution in [0.2, 0.25) is 0 Å². The van der Waals surface area contributed by atoms with Crippen LogP contribution in [0.15, 0.2) is 36.4 Å². The normalized spacial score (nSPS) is 10.5. The number of ketones is 1. The van der Waals surface area contributed by atoms with Gasteiger partial charge in [0.1, 0.15) is 11.5 Å². The van der Waals surface area contributed by atoms with Gasteiger partial charge in [-0.05, 0) is 38.1 Å². The molecule has 22 heavy (non-hydrogen) atoms. The van der Waals surface area contributed by atoms with Crippen molar-refractivity contribution >= 4 is 17.2 Å². The van der Waals surface area contributed by atoms with E-state index in [2.05, 4.69) is 4.90 Å². The van der Waals surface area contributed by atoms with Crippen molar-refractivity contribution in [3.8, 4) is 11.5 Å². The first-order chi connectivity index (χ1) is 10.5. The quantitative estimate of drug-likeness (QED) is 0.584. The predicted molar refractivity (Wildman–Crippen MR) is 87.6 cm³/mol. The lowest BCUT2D eigenvalue weighted by molar-refractivity contribution is 0.103. The van der Waals surface area contributed by atoms with Gasteiger partial charge >= 0.3 is 0 Å². The Labute approximate surface area is 129 Å². The molecule has 5 nitrogen and oxygen atoms in total. The molecule has 0 radical (unpaired) electrons. The Morgan fingerprint density at radius 1 is 1.00 bits per heavy atom. The van der Waals surface area contributed by atoms with Gasteiger partial charge in [0.2, 0.25) is 0 Å². The number of nitrogens with zero attached hydrogens (tertiary/aromatic N) is 1. The van der Waals surface area contributed by atoms with Gasteiger partial charge < -0.3 is 20.8 Å². The van der Waals surface area contributed by atoms with E-state index in [0.717, 1.165) is 18.8 Å². The molecule has 0 aliphatic heterocycles. The molecular formula is C17H20N2O3. The number of benzene rings is 2. The highest BCUT2D eigenvalue weighted by Gasteiger charge is 2.18. The molecule has 0 unspecified atom stereocenters. The van der Waals surface area contributed by atoms with Crippen molar-refractivity contribution in [3.63, 3.8) is 0 Å². The van der Waals surface area contributed by atoms with E-state index in [-0.39, 0.29) is 22.6 Å². The van der Waals surface area contributed by atoms with Crippen molar-refractivity contribution in [1.29, 1.82) is 0 Å². The third-order valence-corrected chi connectivity index (χ3v) is 3.62. The first-order valence-corrected chi connectivity index (χ1v) is 7.19. The minimum atomic E-state index is -0.443. The van der Waals surface area contributed by atoms with E-state index in [1.165, 1.54) is 18.2 Å². The van der Waals surface area contributed by atoms with Crippen molar-refractivity contribution in [2.75, 3.05) is 23.7 Å². The van der Waals surface area contributed by atoms with Crippen LogP contribution in [0.1, 0.15) is 29.8 Å². The standard InChI is InChI=1S/C17H20N2O3/c1-3-19(4-2)12-6-8-14(16(21)10-12)17(22)13-7-5-11(18)9-15(13)20/h5-10,20-21H,3-4,18H2,1-2H3. The molecule has 4 N–H and O–H groups in total. The fraction of sp³-hybridized carbons (Fsp3) is 0.235. The van der Waals surface area contributed by atoms with Gasteiger partial charge in [-0.15, -0.1) is 0 Å². The van der Waals surface area contributed by atoms with Gasteiger partial charge in [-0.25, -0.2) is 0 Å². The molecule has 0 amide bonds. The van der Waals surface area contributed by atoms with E-state index in [9.17, 15) is 15.0 Å². The van der Waals surface area contributed by atoms with Crippen LogP contribution in [0.5, 0.6) is 11.5 Å². The number of phenolic OH excluding ortho intramolecular Hbond substituents is 2. The van der Waals surface area contributed by atoms with E-state index in [1.807, 2.05) is 13.8 Å². The number of nitrogen functional groups attached to an aromatic ring is 1. The fourth-order valence-electron chi connectivity index (χ4n) is 2.38. The molecular weight excluding hydrogens is 280 g/mol. The summed E-state index contributed by atoms with van der Waals surface area (Å²) < 4.78 is 0. The van der Waals surface area contributed by atoms with Crippen LogP contribution in [0.25, 0.3) is 0 Å². The van der Waals surface area contributed by atoms with Gasteiger partial charge in [-0.2, -0.15) is 0 Å². The number of anilines is 2. The molecule has 5 heteroatoms. The summed E-state index contributed by atoms with van der Waals surface area (Å²) in [4.78, 5) is 14.5. The van der Waals surface area contributed by atoms with Crippen LogP contribution in [-0.4, -0.2) is 29.1 Å². The van der Waals surface area contributed by atoms with Crippen LogP contribution in [-0.2, 0) is 0 Å². The molecule has 2 aromatic carbocycles. The maximum absolute atomic E-state index is 12.4. The second-order valence-corrected chi connectivity index (χ2v) is 4.98. The molecule has 2 aromatic rings. The minimum Gasteiger partial charge on any atom is -0.507 e. The van der Waals surface area contributed by atoms with E-state index in [4.69, 9.17) is 5.73 Å². The Bertz CT molecular complexity index is 694. The molecule has 116 valence electrons. The molecule has 0 fully saturated rings. The van der Waals surface area contributed by atoms with Gasteiger partial charge in [0.05, 0.1) is 11.1 Å². The predicted octanol–water partition coefficient (Wildman–Crippen LogP) is 2.76. The van der Waals surface area contributed by atoms with E-state index in [0.29, 0.717) is 5.69 Å². The maximum atomic E-state index is 12.4. The highest BCUT2D eigenvalue weighted by atomic mass is 16.3. The summed E-state index contributed by atoms with van der Waals surface area (Å²) in [6, 6.07) is 9.22. The largest absolute Gasteiger partial charge is 0.507 e. The van der Waals surface area contributed by atoms with Gasteiger partial charge in [0.25, 0.3) is 0 Å². The summed E-state index contributed by atoms with van der Waals surface area (Å²) in [5.74, 6) is -0.746. The molecule has 0 saturated heterocycles. The zero-order valence-corrected chi connectivity index (χ0v) is 12.7. The summed E-state index contributed by atoms with van der Waals surface area (Å²) >= 11 is 0. The number of carbonyl (C=O) groups excluding carboxylic acids is 1. The Morgan fingerprint density at radius 3 is 2.05 bits per heavy atom. The lowest BCUT2D eigenvalue weighted by Crippen LogP contribution is -2.21. The smallest absolute Gasteiger partial charge is 0.200 e. The second kappa shape index (κ2) is 6.39. The highest BCUT2D eigenvalue weighted by Crippen LogP contribution is 2.29. The Kier molecular flexibility index (Phi) is 4.56. The number of nitrogens with two attached hydrogens (primary N) is 1. The van der Waals surface area contributed by atoms with Crippen molar-refractivity contribution in [3.05, 3.63) is 47.5 Å². The zero-order chi connectivity index (χ0) is 16.3. The first-order valence-electron chi connectivity index (χ1n) is 7.19. The van der Waals surface area contributed by atoms with E-state index < -0.39 is 5.78 Å². The molecule has 0 spiro atoms. The topological polar surface area (TPSA) is 86.8 Å². The molecule has 0 aliphatic carbocycles. The van der Waals surface area contributed by atoms with Crippen LogP contribution < -0.4 is 10.6 Å². The van der Waals surface area contributed by atoms with E-state index in [1.54, 1.807) is 18.2 Å². The SMILES string of the molecule is CCN(CC)c1ccc(C(=O)c2ccc(N)cc2O)c(O)c1. The molecule has 0 aromatic heterocycles. The lowest BCUT2D eigenvalue weighted by Gasteiger charge is -2.21. The summed E-state index contributed by atoms with van der Waals surface area (Å²) in [7, 11) is 0. The summed E-state index contributed by atoms with van der Waals surface area (Å²) in [6.45, 7) is 5.65. The Balaban J connectivity index is 2.38. The Morgan fingerprint density at radius 2 is 1.55 bits per heavy atom. The number of carbonyl (C=O) groups is 1. The number of aromatic hydroxyl groups is 2. The third kappa shape index (κ3) is 2.98. The van der Waals surface area contributed by atoms with Crippen LogP contribution >= 0.6 is 0 Å². The van der Waals surface area contributed by atoms with Crippen molar-refractivity contribution in [1.82, 2.24) is 0 Å². The summed E-state index contributed by atoms with van der Waals surface area (Å²) in [6.07, 6.45) is 0. The molecule has 2 rings (SSSR count). The number of hydrogen-bond donors (Lipinski definition) is 3. The van der Waals surface area contributed by atoms with Gasteiger partial charge in [-0.3, -0.25) is 4.79 Å². The van der Waals surface area contributed by atoms with Crippen LogP contribution in [0, 0.1) is 0 Å². The molecule has 0 atom stereocenters. The average molecular weight is 300 g/mol. The number of hydrogen-bond acceptors (Lipinski definition) is 5. The second-order valence-electron chi connectivity index (χ2n) is 4.98. The van der Waals surface area contributed by atoms with E-state index >= 15 is 0 Å². The van der Waals surface area contributed by atoms with Crippen LogP contribution in [0.3, 0.4) is 0 Å². The van der Waals surface area contributed by atoms with Crippen LogP contribution in [0.4, 0.5) is 11.4 Å². The third-order valence-electron chi connectivity index (χ3n) is 3.62. The summed E-state index contributed by atoms with van der Waals surface area (Å²) in [5.41, 5.74) is 7.03. The monoisotopic (exact) mass is 300 g/mol. The Hall–Kier alpha value is -2.69. The van der Waals surface area contributed by atoms with Crippen molar-refractivity contribution < 1.29 is 15.0 Å².